The van der Waals surface area contributed by atoms with Crippen LogP contribution >= 0.6 is 0 Å². The SMILES string of the molecule is Fc1ccc(C=NNc2ccccc2)c(OC(F)F)c1. The predicted octanol–water partition coefficient (Wildman–Crippen LogP) is 3.87. The molecular weight excluding hydrogens is 269 g/mol. The van der Waals surface area contributed by atoms with Crippen molar-refractivity contribution in [1.29, 1.82) is 0 Å². The van der Waals surface area contributed by atoms with Gasteiger partial charge in [0.2, 0.25) is 0 Å². The maximum absolute atomic E-state index is 13.0. The van der Waals surface area contributed by atoms with Crippen LogP contribution < -0.4 is 10.2 Å². The van der Waals surface area contributed by atoms with Gasteiger partial charge in [0.25, 0.3) is 0 Å². The lowest BCUT2D eigenvalue weighted by molar-refractivity contribution is -0.0500. The Labute approximate surface area is 113 Å². The molecular formula is C14H11F3N2O. The van der Waals surface area contributed by atoms with Crippen molar-refractivity contribution in [3.8, 4) is 5.75 Å². The highest BCUT2D eigenvalue weighted by atomic mass is 19.3. The summed E-state index contributed by atoms with van der Waals surface area (Å²) in [6, 6.07) is 12.4. The summed E-state index contributed by atoms with van der Waals surface area (Å²) < 4.78 is 41.7. The van der Waals surface area contributed by atoms with Crippen LogP contribution in [0.25, 0.3) is 0 Å². The Balaban J connectivity index is 2.12. The van der Waals surface area contributed by atoms with Gasteiger partial charge in [-0.15, -0.1) is 0 Å². The predicted molar refractivity (Wildman–Crippen MR) is 70.7 cm³/mol. The molecule has 0 heterocycles. The summed E-state index contributed by atoms with van der Waals surface area (Å²) in [5.74, 6) is -0.924. The molecule has 0 unspecified atom stereocenters. The van der Waals surface area contributed by atoms with Gasteiger partial charge in [0.1, 0.15) is 11.6 Å². The summed E-state index contributed by atoms with van der Waals surface area (Å²) >= 11 is 0. The molecule has 2 rings (SSSR count). The van der Waals surface area contributed by atoms with Gasteiger partial charge < -0.3 is 4.74 Å². The third-order valence-corrected chi connectivity index (χ3v) is 2.36. The van der Waals surface area contributed by atoms with E-state index in [4.69, 9.17) is 0 Å². The zero-order valence-electron chi connectivity index (χ0n) is 10.3. The van der Waals surface area contributed by atoms with Gasteiger partial charge in [0.05, 0.1) is 11.9 Å². The van der Waals surface area contributed by atoms with Crippen molar-refractivity contribution in [2.24, 2.45) is 5.10 Å². The van der Waals surface area contributed by atoms with E-state index in [9.17, 15) is 13.2 Å². The molecule has 2 aromatic carbocycles. The topological polar surface area (TPSA) is 33.6 Å². The number of halogens is 3. The Hall–Kier alpha value is -2.50. The van der Waals surface area contributed by atoms with Gasteiger partial charge in [0.15, 0.2) is 0 Å². The molecule has 0 aliphatic rings. The molecule has 6 heteroatoms. The molecule has 104 valence electrons. The molecule has 0 aliphatic heterocycles. The van der Waals surface area contributed by atoms with E-state index < -0.39 is 12.4 Å². The van der Waals surface area contributed by atoms with Gasteiger partial charge in [-0.2, -0.15) is 13.9 Å². The van der Waals surface area contributed by atoms with Crippen LogP contribution in [-0.2, 0) is 0 Å². The molecule has 0 aliphatic carbocycles. The second-order valence-electron chi connectivity index (χ2n) is 3.80. The first-order valence-electron chi connectivity index (χ1n) is 5.73. The number of benzene rings is 2. The van der Waals surface area contributed by atoms with E-state index in [1.165, 1.54) is 12.3 Å². The number of anilines is 1. The first-order valence-corrected chi connectivity index (χ1v) is 5.73. The summed E-state index contributed by atoms with van der Waals surface area (Å²) in [4.78, 5) is 0. The highest BCUT2D eigenvalue weighted by Gasteiger charge is 2.09. The zero-order chi connectivity index (χ0) is 14.4. The van der Waals surface area contributed by atoms with Gasteiger partial charge >= 0.3 is 6.61 Å². The molecule has 0 fully saturated rings. The molecule has 2 aromatic rings. The highest BCUT2D eigenvalue weighted by Crippen LogP contribution is 2.20. The van der Waals surface area contributed by atoms with E-state index in [2.05, 4.69) is 15.3 Å². The molecule has 0 bridgehead atoms. The van der Waals surface area contributed by atoms with Crippen molar-refractivity contribution in [2.45, 2.75) is 6.61 Å². The van der Waals surface area contributed by atoms with Crippen molar-refractivity contribution in [2.75, 3.05) is 5.43 Å². The van der Waals surface area contributed by atoms with E-state index in [0.29, 0.717) is 0 Å². The fourth-order valence-electron chi connectivity index (χ4n) is 1.50. The largest absolute Gasteiger partial charge is 0.434 e. The smallest absolute Gasteiger partial charge is 0.387 e. The van der Waals surface area contributed by atoms with Crippen LogP contribution in [-0.4, -0.2) is 12.8 Å². The molecule has 0 radical (unpaired) electrons. The zero-order valence-corrected chi connectivity index (χ0v) is 10.3. The van der Waals surface area contributed by atoms with Crippen LogP contribution in [0.5, 0.6) is 5.75 Å². The lowest BCUT2D eigenvalue weighted by Gasteiger charge is -2.07. The molecule has 0 spiro atoms. The Morgan fingerprint density at radius 1 is 1.10 bits per heavy atom. The number of hydrazone groups is 1. The monoisotopic (exact) mass is 280 g/mol. The Bertz CT molecular complexity index is 588. The average Bonchev–Trinajstić information content (AvgIpc) is 2.42. The minimum absolute atomic E-state index is 0.245. The summed E-state index contributed by atoms with van der Waals surface area (Å²) in [7, 11) is 0. The van der Waals surface area contributed by atoms with Crippen LogP contribution in [0.2, 0.25) is 0 Å². The minimum Gasteiger partial charge on any atom is -0.434 e. The molecule has 1 N–H and O–H groups in total. The number of nitrogens with zero attached hydrogens (tertiary/aromatic N) is 1. The van der Waals surface area contributed by atoms with E-state index in [1.54, 1.807) is 12.1 Å². The average molecular weight is 280 g/mol. The third-order valence-electron chi connectivity index (χ3n) is 2.36. The number of hydrogen-bond donors (Lipinski definition) is 1. The molecule has 20 heavy (non-hydrogen) atoms. The normalized spacial score (nSPS) is 11.0. The number of nitrogens with one attached hydrogen (secondary N) is 1. The van der Waals surface area contributed by atoms with Crippen molar-refractivity contribution in [3.05, 3.63) is 59.9 Å². The Kier molecular flexibility index (Phi) is 4.60. The second kappa shape index (κ2) is 6.60. The van der Waals surface area contributed by atoms with Gasteiger partial charge in [-0.25, -0.2) is 4.39 Å². The van der Waals surface area contributed by atoms with Crippen LogP contribution in [0.15, 0.2) is 53.6 Å². The van der Waals surface area contributed by atoms with Gasteiger partial charge in [-0.1, -0.05) is 18.2 Å². The Morgan fingerprint density at radius 2 is 1.85 bits per heavy atom. The second-order valence-corrected chi connectivity index (χ2v) is 3.80. The van der Waals surface area contributed by atoms with Gasteiger partial charge in [0, 0.05) is 11.6 Å². The summed E-state index contributed by atoms with van der Waals surface area (Å²) in [6.45, 7) is -3.02. The fourth-order valence-corrected chi connectivity index (χ4v) is 1.50. The van der Waals surface area contributed by atoms with Crippen LogP contribution in [0, 0.1) is 5.82 Å². The van der Waals surface area contributed by atoms with Crippen molar-refractivity contribution >= 4 is 11.9 Å². The molecule has 3 nitrogen and oxygen atoms in total. The fraction of sp³-hybridized carbons (Fsp3) is 0.0714. The van der Waals surface area contributed by atoms with E-state index in [-0.39, 0.29) is 11.3 Å². The quantitative estimate of drug-likeness (QED) is 0.666. The standard InChI is InChI=1S/C14H11F3N2O/c15-11-7-6-10(13(8-11)20-14(16)17)9-18-19-12-4-2-1-3-5-12/h1-9,14,19H. The summed E-state index contributed by atoms with van der Waals surface area (Å²) in [6.07, 6.45) is 1.28. The molecule has 0 atom stereocenters. The minimum atomic E-state index is -3.02. The third kappa shape index (κ3) is 4.01. The van der Waals surface area contributed by atoms with Gasteiger partial charge in [-0.3, -0.25) is 5.43 Å². The maximum atomic E-state index is 13.0. The first kappa shape index (κ1) is 13.9. The number of alkyl halides is 2. The van der Waals surface area contributed by atoms with Crippen molar-refractivity contribution in [1.82, 2.24) is 0 Å². The number of rotatable bonds is 5. The summed E-state index contributed by atoms with van der Waals surface area (Å²) in [5, 5.41) is 3.89. The lowest BCUT2D eigenvalue weighted by atomic mass is 10.2. The molecule has 0 saturated heterocycles. The number of ether oxygens (including phenoxy) is 1. The highest BCUT2D eigenvalue weighted by molar-refractivity contribution is 5.84. The first-order chi connectivity index (χ1) is 9.65. The van der Waals surface area contributed by atoms with Crippen LogP contribution in [0.3, 0.4) is 0 Å². The molecule has 0 saturated carbocycles. The number of hydrogen-bond acceptors (Lipinski definition) is 3. The van der Waals surface area contributed by atoms with Crippen LogP contribution in [0.4, 0.5) is 18.9 Å². The van der Waals surface area contributed by atoms with Crippen molar-refractivity contribution in [3.63, 3.8) is 0 Å². The lowest BCUT2D eigenvalue weighted by Crippen LogP contribution is -2.05. The van der Waals surface area contributed by atoms with Crippen molar-refractivity contribution < 1.29 is 17.9 Å². The maximum Gasteiger partial charge on any atom is 0.387 e. The van der Waals surface area contributed by atoms with E-state index in [1.807, 2.05) is 18.2 Å². The van der Waals surface area contributed by atoms with E-state index >= 15 is 0 Å². The molecule has 0 amide bonds. The molecule has 0 aromatic heterocycles. The van der Waals surface area contributed by atoms with Crippen LogP contribution in [0.1, 0.15) is 5.56 Å². The Morgan fingerprint density at radius 3 is 2.55 bits per heavy atom. The number of para-hydroxylation sites is 1. The van der Waals surface area contributed by atoms with E-state index in [0.717, 1.165) is 17.8 Å². The van der Waals surface area contributed by atoms with Gasteiger partial charge in [-0.05, 0) is 24.3 Å². The summed E-state index contributed by atoms with van der Waals surface area (Å²) in [5.41, 5.74) is 3.70.